The van der Waals surface area contributed by atoms with E-state index in [9.17, 15) is 0 Å². The van der Waals surface area contributed by atoms with Gasteiger partial charge in [-0.2, -0.15) is 5.10 Å². The molecular weight excluding hydrogens is 318 g/mol. The smallest absolute Gasteiger partial charge is 0.0927 e. The number of hydrogen-bond acceptors (Lipinski definition) is 2. The Balaban J connectivity index is 1.77. The Hall–Kier alpha value is -2.91. The summed E-state index contributed by atoms with van der Waals surface area (Å²) in [5.41, 5.74) is 4.97. The third kappa shape index (κ3) is 2.82. The average molecular weight is 332 g/mol. The maximum absolute atomic E-state index is 6.29. The monoisotopic (exact) mass is 331 g/mol. The van der Waals surface area contributed by atoms with Crippen LogP contribution in [0.15, 0.2) is 67.0 Å². The predicted octanol–water partition coefficient (Wildman–Crippen LogP) is 5.45. The minimum atomic E-state index is 0.689. The summed E-state index contributed by atoms with van der Waals surface area (Å²) in [4.78, 5) is 4.17. The molecule has 0 fully saturated rings. The number of halogens is 1. The van der Waals surface area contributed by atoms with Crippen molar-refractivity contribution in [2.45, 2.75) is 0 Å². The number of rotatable bonds is 3. The zero-order valence-electron chi connectivity index (χ0n) is 12.8. The fourth-order valence-corrected chi connectivity index (χ4v) is 2.87. The highest BCUT2D eigenvalue weighted by atomic mass is 35.5. The molecule has 4 heteroatoms. The molecule has 0 bridgehead atoms. The maximum Gasteiger partial charge on any atom is 0.0927 e. The van der Waals surface area contributed by atoms with E-state index in [1.165, 1.54) is 0 Å². The molecule has 0 atom stereocenters. The summed E-state index contributed by atoms with van der Waals surface area (Å²) < 4.78 is 0. The number of pyridine rings is 1. The van der Waals surface area contributed by atoms with Crippen LogP contribution >= 0.6 is 11.6 Å². The molecule has 0 spiro atoms. The Morgan fingerprint density at radius 2 is 1.83 bits per heavy atom. The van der Waals surface area contributed by atoms with Crippen LogP contribution < -0.4 is 0 Å². The van der Waals surface area contributed by atoms with Crippen molar-refractivity contribution in [1.29, 1.82) is 0 Å². The van der Waals surface area contributed by atoms with E-state index in [4.69, 9.17) is 11.6 Å². The number of H-pyrrole nitrogens is 1. The van der Waals surface area contributed by atoms with Crippen molar-refractivity contribution in [1.82, 2.24) is 15.2 Å². The first-order valence-electron chi connectivity index (χ1n) is 7.62. The van der Waals surface area contributed by atoms with Crippen LogP contribution in [-0.2, 0) is 0 Å². The molecule has 116 valence electrons. The maximum atomic E-state index is 6.29. The van der Waals surface area contributed by atoms with Gasteiger partial charge in [0.1, 0.15) is 0 Å². The van der Waals surface area contributed by atoms with Crippen molar-refractivity contribution >= 4 is 34.7 Å². The number of aromatic amines is 1. The molecule has 4 rings (SSSR count). The van der Waals surface area contributed by atoms with Gasteiger partial charge in [0.25, 0.3) is 0 Å². The van der Waals surface area contributed by atoms with E-state index in [1.54, 1.807) is 18.5 Å². The molecule has 0 aliphatic heterocycles. The van der Waals surface area contributed by atoms with Gasteiger partial charge in [-0.15, -0.1) is 0 Å². The second kappa shape index (κ2) is 6.30. The summed E-state index contributed by atoms with van der Waals surface area (Å²) in [6.45, 7) is 0. The fourth-order valence-electron chi connectivity index (χ4n) is 2.66. The van der Waals surface area contributed by atoms with Gasteiger partial charge in [-0.05, 0) is 35.4 Å². The van der Waals surface area contributed by atoms with E-state index in [0.717, 1.165) is 33.3 Å². The molecule has 0 aliphatic rings. The van der Waals surface area contributed by atoms with E-state index in [2.05, 4.69) is 39.5 Å². The van der Waals surface area contributed by atoms with Crippen molar-refractivity contribution in [3.63, 3.8) is 0 Å². The van der Waals surface area contributed by atoms with Crippen LogP contribution in [0.4, 0.5) is 0 Å². The number of benzene rings is 2. The van der Waals surface area contributed by atoms with Gasteiger partial charge in [-0.25, -0.2) is 0 Å². The molecule has 24 heavy (non-hydrogen) atoms. The van der Waals surface area contributed by atoms with Gasteiger partial charge in [0, 0.05) is 23.3 Å². The SMILES string of the molecule is Clc1ccncc1-c1ccc2[nH]nc(/C=C/c3ccccc3)c2c1. The van der Waals surface area contributed by atoms with Crippen LogP contribution in [0.2, 0.25) is 5.02 Å². The highest BCUT2D eigenvalue weighted by Gasteiger charge is 2.08. The summed E-state index contributed by atoms with van der Waals surface area (Å²) in [7, 11) is 0. The third-order valence-corrected chi connectivity index (χ3v) is 4.23. The van der Waals surface area contributed by atoms with Gasteiger partial charge in [0.15, 0.2) is 0 Å². The van der Waals surface area contributed by atoms with E-state index in [-0.39, 0.29) is 0 Å². The second-order valence-electron chi connectivity index (χ2n) is 5.47. The van der Waals surface area contributed by atoms with Crippen molar-refractivity contribution < 1.29 is 0 Å². The Labute approximate surface area is 144 Å². The molecule has 0 unspecified atom stereocenters. The van der Waals surface area contributed by atoms with Gasteiger partial charge in [0.2, 0.25) is 0 Å². The van der Waals surface area contributed by atoms with Crippen molar-refractivity contribution in [2.24, 2.45) is 0 Å². The molecular formula is C20H14ClN3. The highest BCUT2D eigenvalue weighted by molar-refractivity contribution is 6.33. The Morgan fingerprint density at radius 1 is 0.958 bits per heavy atom. The van der Waals surface area contributed by atoms with E-state index in [1.807, 2.05) is 36.4 Å². The summed E-state index contributed by atoms with van der Waals surface area (Å²) in [5, 5.41) is 9.22. The van der Waals surface area contributed by atoms with Crippen molar-refractivity contribution in [3.8, 4) is 11.1 Å². The summed E-state index contributed by atoms with van der Waals surface area (Å²) in [6, 6.07) is 18.1. The lowest BCUT2D eigenvalue weighted by Crippen LogP contribution is -1.82. The molecule has 2 aromatic heterocycles. The molecule has 2 aromatic carbocycles. The fraction of sp³-hybridized carbons (Fsp3) is 0. The van der Waals surface area contributed by atoms with Gasteiger partial charge in [-0.1, -0.05) is 54.1 Å². The van der Waals surface area contributed by atoms with Gasteiger partial charge in [-0.3, -0.25) is 10.1 Å². The van der Waals surface area contributed by atoms with Crippen LogP contribution in [0.5, 0.6) is 0 Å². The Kier molecular flexibility index (Phi) is 3.85. The molecule has 0 radical (unpaired) electrons. The van der Waals surface area contributed by atoms with Gasteiger partial charge < -0.3 is 0 Å². The van der Waals surface area contributed by atoms with Crippen LogP contribution in [-0.4, -0.2) is 15.2 Å². The Morgan fingerprint density at radius 3 is 2.67 bits per heavy atom. The van der Waals surface area contributed by atoms with E-state index >= 15 is 0 Å². The Bertz CT molecular complexity index is 1020. The molecule has 3 nitrogen and oxygen atoms in total. The number of nitrogens with one attached hydrogen (secondary N) is 1. The first kappa shape index (κ1) is 14.7. The molecule has 2 heterocycles. The summed E-state index contributed by atoms with van der Waals surface area (Å²) in [5.74, 6) is 0. The molecule has 0 saturated carbocycles. The predicted molar refractivity (Wildman–Crippen MR) is 99.7 cm³/mol. The number of aromatic nitrogens is 3. The summed E-state index contributed by atoms with van der Waals surface area (Å²) in [6.07, 6.45) is 7.54. The van der Waals surface area contributed by atoms with Crippen LogP contribution in [0.25, 0.3) is 34.2 Å². The number of fused-ring (bicyclic) bond motifs is 1. The lowest BCUT2D eigenvalue weighted by atomic mass is 10.0. The van der Waals surface area contributed by atoms with E-state index in [0.29, 0.717) is 5.02 Å². The normalized spacial score (nSPS) is 11.4. The van der Waals surface area contributed by atoms with Crippen LogP contribution in [0.3, 0.4) is 0 Å². The molecule has 0 saturated heterocycles. The quantitative estimate of drug-likeness (QED) is 0.542. The minimum absolute atomic E-state index is 0.689. The van der Waals surface area contributed by atoms with Crippen molar-refractivity contribution in [2.75, 3.05) is 0 Å². The lowest BCUT2D eigenvalue weighted by molar-refractivity contribution is 1.11. The third-order valence-electron chi connectivity index (χ3n) is 3.90. The average Bonchev–Trinajstić information content (AvgIpc) is 3.03. The zero-order valence-corrected chi connectivity index (χ0v) is 13.5. The number of nitrogens with zero attached hydrogens (tertiary/aromatic N) is 2. The van der Waals surface area contributed by atoms with Crippen LogP contribution in [0.1, 0.15) is 11.3 Å². The topological polar surface area (TPSA) is 41.6 Å². The van der Waals surface area contributed by atoms with Crippen LogP contribution in [0, 0.1) is 0 Å². The minimum Gasteiger partial charge on any atom is -0.277 e. The lowest BCUT2D eigenvalue weighted by Gasteiger charge is -2.03. The van der Waals surface area contributed by atoms with Gasteiger partial charge >= 0.3 is 0 Å². The molecule has 0 amide bonds. The largest absolute Gasteiger partial charge is 0.277 e. The first-order chi connectivity index (χ1) is 11.8. The molecule has 1 N–H and O–H groups in total. The standard InChI is InChI=1S/C20H14ClN3/c21-18-10-11-22-13-17(18)15-7-9-20-16(12-15)19(23-24-20)8-6-14-4-2-1-3-5-14/h1-13H,(H,23,24)/b8-6+. The molecule has 0 aliphatic carbocycles. The van der Waals surface area contributed by atoms with Crippen molar-refractivity contribution in [3.05, 3.63) is 83.3 Å². The second-order valence-corrected chi connectivity index (χ2v) is 5.88. The summed E-state index contributed by atoms with van der Waals surface area (Å²) >= 11 is 6.29. The highest BCUT2D eigenvalue weighted by Crippen LogP contribution is 2.30. The zero-order chi connectivity index (χ0) is 16.4. The molecule has 4 aromatic rings. The van der Waals surface area contributed by atoms with Gasteiger partial charge in [0.05, 0.1) is 16.2 Å². The first-order valence-corrected chi connectivity index (χ1v) is 8.00. The van der Waals surface area contributed by atoms with E-state index < -0.39 is 0 Å². The number of hydrogen-bond donors (Lipinski definition) is 1.